The average Bonchev–Trinajstić information content (AvgIpc) is 2.25. The van der Waals surface area contributed by atoms with E-state index in [1.807, 2.05) is 0 Å². The fourth-order valence-corrected chi connectivity index (χ4v) is 1.82. The predicted molar refractivity (Wildman–Crippen MR) is 80.7 cm³/mol. The molecule has 0 radical (unpaired) electrons. The summed E-state index contributed by atoms with van der Waals surface area (Å²) in [5.41, 5.74) is 0.490. The second kappa shape index (κ2) is 11.0. The molecule has 0 fully saturated rings. The fourth-order valence-electron chi connectivity index (χ4n) is 1.82. The van der Waals surface area contributed by atoms with Gasteiger partial charge in [0.15, 0.2) is 0 Å². The van der Waals surface area contributed by atoms with E-state index < -0.39 is 0 Å². The first kappa shape index (κ1) is 19.3. The van der Waals surface area contributed by atoms with Gasteiger partial charge in [0.25, 0.3) is 0 Å². The zero-order valence-electron chi connectivity index (χ0n) is 13.6. The molecule has 0 aliphatic rings. The van der Waals surface area contributed by atoms with Crippen LogP contribution in [0.1, 0.15) is 54.4 Å². The molecule has 0 aliphatic heterocycles. The molecule has 106 valence electrons. The molecule has 0 atom stereocenters. The highest BCUT2D eigenvalue weighted by Crippen LogP contribution is 2.19. The van der Waals surface area contributed by atoms with Crippen molar-refractivity contribution in [2.75, 3.05) is 40.3 Å². The molecule has 0 aromatic heterocycles. The molecule has 0 bridgehead atoms. The molecule has 0 spiro atoms. The van der Waals surface area contributed by atoms with E-state index in [1.54, 1.807) is 0 Å². The molecule has 0 saturated heterocycles. The van der Waals surface area contributed by atoms with E-state index >= 15 is 0 Å². The molecular formula is C15H36N2. The minimum Gasteiger partial charge on any atom is -0.309 e. The lowest BCUT2D eigenvalue weighted by atomic mass is 9.90. The van der Waals surface area contributed by atoms with E-state index in [4.69, 9.17) is 0 Å². The van der Waals surface area contributed by atoms with Crippen LogP contribution in [0, 0.1) is 5.41 Å². The smallest absolute Gasteiger partial charge is 0.00265 e. The standard InChI is InChI=1S/C8H19N.C7H17N/c1-6-8(2,3)7-9(4)5;1-4-7-8(5-2)6-3/h6-7H2,1-5H3;4-7H2,1-3H3. The molecule has 0 amide bonds. The third-order valence-electron chi connectivity index (χ3n) is 3.14. The Balaban J connectivity index is 0. The summed E-state index contributed by atoms with van der Waals surface area (Å²) in [5.74, 6) is 0. The molecular weight excluding hydrogens is 208 g/mol. The Kier molecular flexibility index (Phi) is 12.5. The first-order chi connectivity index (χ1) is 7.82. The highest BCUT2D eigenvalue weighted by molar-refractivity contribution is 4.68. The van der Waals surface area contributed by atoms with Crippen LogP contribution < -0.4 is 0 Å². The van der Waals surface area contributed by atoms with Gasteiger partial charge in [-0.05, 0) is 52.0 Å². The van der Waals surface area contributed by atoms with Gasteiger partial charge in [-0.25, -0.2) is 0 Å². The third-order valence-corrected chi connectivity index (χ3v) is 3.14. The minimum absolute atomic E-state index is 0.490. The van der Waals surface area contributed by atoms with E-state index in [0.717, 1.165) is 0 Å². The lowest BCUT2D eigenvalue weighted by molar-refractivity contribution is 0.233. The van der Waals surface area contributed by atoms with Crippen molar-refractivity contribution in [2.45, 2.75) is 54.4 Å². The summed E-state index contributed by atoms with van der Waals surface area (Å²) >= 11 is 0. The summed E-state index contributed by atoms with van der Waals surface area (Å²) in [7, 11) is 4.24. The lowest BCUT2D eigenvalue weighted by Crippen LogP contribution is -2.27. The van der Waals surface area contributed by atoms with Crippen molar-refractivity contribution in [1.82, 2.24) is 9.80 Å². The Labute approximate surface area is 110 Å². The van der Waals surface area contributed by atoms with Crippen LogP contribution in [-0.2, 0) is 0 Å². The van der Waals surface area contributed by atoms with E-state index in [9.17, 15) is 0 Å². The molecule has 0 aromatic carbocycles. The van der Waals surface area contributed by atoms with Crippen LogP contribution in [-0.4, -0.2) is 50.1 Å². The molecule has 2 nitrogen and oxygen atoms in total. The Hall–Kier alpha value is -0.0800. The van der Waals surface area contributed by atoms with Gasteiger partial charge in [-0.15, -0.1) is 0 Å². The maximum Gasteiger partial charge on any atom is 0.00265 e. The molecule has 0 N–H and O–H groups in total. The minimum atomic E-state index is 0.490. The van der Waals surface area contributed by atoms with Crippen molar-refractivity contribution < 1.29 is 0 Å². The first-order valence-corrected chi connectivity index (χ1v) is 7.19. The highest BCUT2D eigenvalue weighted by Gasteiger charge is 2.14. The van der Waals surface area contributed by atoms with Gasteiger partial charge in [0, 0.05) is 6.54 Å². The van der Waals surface area contributed by atoms with Crippen molar-refractivity contribution >= 4 is 0 Å². The summed E-state index contributed by atoms with van der Waals surface area (Å²) < 4.78 is 0. The number of nitrogens with zero attached hydrogens (tertiary/aromatic N) is 2. The van der Waals surface area contributed by atoms with Crippen molar-refractivity contribution in [3.8, 4) is 0 Å². The largest absolute Gasteiger partial charge is 0.309 e. The molecule has 0 heterocycles. The summed E-state index contributed by atoms with van der Waals surface area (Å²) in [6.45, 7) is 18.3. The third kappa shape index (κ3) is 13.9. The molecule has 0 aliphatic carbocycles. The monoisotopic (exact) mass is 244 g/mol. The molecule has 0 saturated carbocycles. The van der Waals surface area contributed by atoms with Gasteiger partial charge < -0.3 is 9.80 Å². The van der Waals surface area contributed by atoms with E-state index in [2.05, 4.69) is 65.4 Å². The van der Waals surface area contributed by atoms with Crippen molar-refractivity contribution in [3.05, 3.63) is 0 Å². The van der Waals surface area contributed by atoms with Gasteiger partial charge in [0.05, 0.1) is 0 Å². The van der Waals surface area contributed by atoms with Crippen LogP contribution in [0.3, 0.4) is 0 Å². The van der Waals surface area contributed by atoms with Crippen LogP contribution in [0.15, 0.2) is 0 Å². The van der Waals surface area contributed by atoms with Gasteiger partial charge in [-0.2, -0.15) is 0 Å². The molecule has 0 aromatic rings. The van der Waals surface area contributed by atoms with Crippen LogP contribution >= 0.6 is 0 Å². The van der Waals surface area contributed by atoms with Gasteiger partial charge in [-0.3, -0.25) is 0 Å². The SMILES string of the molecule is CCC(C)(C)CN(C)C.CCCN(CC)CC. The highest BCUT2D eigenvalue weighted by atomic mass is 15.1. The first-order valence-electron chi connectivity index (χ1n) is 7.19. The van der Waals surface area contributed by atoms with Crippen LogP contribution in [0.2, 0.25) is 0 Å². The second-order valence-electron chi connectivity index (χ2n) is 5.78. The molecule has 0 unspecified atom stereocenters. The van der Waals surface area contributed by atoms with Crippen molar-refractivity contribution in [1.29, 1.82) is 0 Å². The van der Waals surface area contributed by atoms with Gasteiger partial charge >= 0.3 is 0 Å². The molecule has 2 heteroatoms. The van der Waals surface area contributed by atoms with E-state index in [1.165, 1.54) is 39.0 Å². The fraction of sp³-hybridized carbons (Fsp3) is 1.00. The van der Waals surface area contributed by atoms with Gasteiger partial charge in [0.2, 0.25) is 0 Å². The molecule has 0 rings (SSSR count). The second-order valence-corrected chi connectivity index (χ2v) is 5.78. The van der Waals surface area contributed by atoms with Gasteiger partial charge in [-0.1, -0.05) is 41.5 Å². The average molecular weight is 244 g/mol. The lowest BCUT2D eigenvalue weighted by Gasteiger charge is -2.26. The number of hydrogen-bond donors (Lipinski definition) is 0. The maximum atomic E-state index is 2.43. The Bertz CT molecular complexity index is 149. The number of hydrogen-bond acceptors (Lipinski definition) is 2. The Morgan fingerprint density at radius 2 is 1.35 bits per heavy atom. The normalized spacial score (nSPS) is 11.6. The summed E-state index contributed by atoms with van der Waals surface area (Å²) in [6, 6.07) is 0. The van der Waals surface area contributed by atoms with E-state index in [-0.39, 0.29) is 0 Å². The summed E-state index contributed by atoms with van der Waals surface area (Å²) in [6.07, 6.45) is 2.53. The quantitative estimate of drug-likeness (QED) is 0.673. The predicted octanol–water partition coefficient (Wildman–Crippen LogP) is 3.72. The van der Waals surface area contributed by atoms with Crippen molar-refractivity contribution in [2.24, 2.45) is 5.41 Å². The maximum absolute atomic E-state index is 2.43. The van der Waals surface area contributed by atoms with Crippen LogP contribution in [0.4, 0.5) is 0 Å². The summed E-state index contributed by atoms with van der Waals surface area (Å²) in [4.78, 5) is 4.67. The topological polar surface area (TPSA) is 6.48 Å². The Morgan fingerprint density at radius 3 is 1.47 bits per heavy atom. The zero-order chi connectivity index (χ0) is 13.9. The summed E-state index contributed by atoms with van der Waals surface area (Å²) in [5, 5.41) is 0. The molecule has 17 heavy (non-hydrogen) atoms. The van der Waals surface area contributed by atoms with E-state index in [0.29, 0.717) is 5.41 Å². The van der Waals surface area contributed by atoms with Crippen LogP contribution in [0.25, 0.3) is 0 Å². The number of rotatable bonds is 7. The zero-order valence-corrected chi connectivity index (χ0v) is 13.6. The van der Waals surface area contributed by atoms with Gasteiger partial charge in [0.1, 0.15) is 0 Å². The Morgan fingerprint density at radius 1 is 0.882 bits per heavy atom. The van der Waals surface area contributed by atoms with Crippen molar-refractivity contribution in [3.63, 3.8) is 0 Å². The van der Waals surface area contributed by atoms with Crippen LogP contribution in [0.5, 0.6) is 0 Å².